The Bertz CT molecular complexity index is 435. The van der Waals surface area contributed by atoms with Crippen LogP contribution in [0.25, 0.3) is 0 Å². The molecule has 96 valence electrons. The normalized spacial score (nSPS) is 13.4. The summed E-state index contributed by atoms with van der Waals surface area (Å²) in [5.74, 6) is 1.000. The van der Waals surface area contributed by atoms with Crippen LogP contribution in [0.5, 0.6) is 5.75 Å². The van der Waals surface area contributed by atoms with E-state index in [0.29, 0.717) is 16.0 Å². The topological polar surface area (TPSA) is 43.4 Å². The van der Waals surface area contributed by atoms with E-state index in [9.17, 15) is 8.42 Å². The summed E-state index contributed by atoms with van der Waals surface area (Å²) in [4.78, 5) is 0.359. The van der Waals surface area contributed by atoms with Gasteiger partial charge in [0, 0.05) is 5.33 Å². The average Bonchev–Trinajstić information content (AvgIpc) is 2.36. The molecule has 1 aromatic rings. The van der Waals surface area contributed by atoms with Gasteiger partial charge >= 0.3 is 0 Å². The van der Waals surface area contributed by atoms with Gasteiger partial charge in [0.15, 0.2) is 9.84 Å². The molecule has 5 heteroatoms. The van der Waals surface area contributed by atoms with Gasteiger partial charge < -0.3 is 4.74 Å². The van der Waals surface area contributed by atoms with E-state index in [1.165, 1.54) is 0 Å². The SMILES string of the molecule is CCC(CBr)CS(=O)(=O)c1ccc(OC)cc1. The third kappa shape index (κ3) is 4.00. The molecule has 0 saturated heterocycles. The Morgan fingerprint density at radius 2 is 1.88 bits per heavy atom. The van der Waals surface area contributed by atoms with E-state index in [1.807, 2.05) is 6.92 Å². The summed E-state index contributed by atoms with van der Waals surface area (Å²) in [6.07, 6.45) is 0.848. The van der Waals surface area contributed by atoms with Gasteiger partial charge in [-0.15, -0.1) is 0 Å². The Morgan fingerprint density at radius 1 is 1.29 bits per heavy atom. The van der Waals surface area contributed by atoms with Crippen LogP contribution in [0.4, 0.5) is 0 Å². The zero-order valence-corrected chi connectivity index (χ0v) is 12.4. The fraction of sp³-hybridized carbons (Fsp3) is 0.500. The van der Waals surface area contributed by atoms with Gasteiger partial charge in [0.1, 0.15) is 5.75 Å². The second-order valence-electron chi connectivity index (χ2n) is 3.89. The molecule has 0 aromatic heterocycles. The second kappa shape index (κ2) is 6.40. The molecule has 0 aliphatic rings. The fourth-order valence-electron chi connectivity index (χ4n) is 1.46. The minimum Gasteiger partial charge on any atom is -0.497 e. The summed E-state index contributed by atoms with van der Waals surface area (Å²) in [7, 11) is -1.64. The highest BCUT2D eigenvalue weighted by molar-refractivity contribution is 9.09. The molecule has 0 spiro atoms. The van der Waals surface area contributed by atoms with Crippen LogP contribution in [0, 0.1) is 5.92 Å². The van der Waals surface area contributed by atoms with Crippen LogP contribution in [-0.4, -0.2) is 26.6 Å². The van der Waals surface area contributed by atoms with Crippen molar-refractivity contribution >= 4 is 25.8 Å². The van der Waals surface area contributed by atoms with Crippen molar-refractivity contribution in [2.24, 2.45) is 5.92 Å². The summed E-state index contributed by atoms with van der Waals surface area (Å²) in [6, 6.07) is 6.52. The predicted octanol–water partition coefficient (Wildman–Crippen LogP) is 2.89. The largest absolute Gasteiger partial charge is 0.497 e. The Hall–Kier alpha value is -0.550. The molecule has 0 amide bonds. The molecule has 0 aliphatic heterocycles. The van der Waals surface area contributed by atoms with Gasteiger partial charge in [-0.25, -0.2) is 8.42 Å². The maximum Gasteiger partial charge on any atom is 0.178 e. The maximum absolute atomic E-state index is 12.1. The first-order valence-corrected chi connectivity index (χ1v) is 8.23. The zero-order valence-electron chi connectivity index (χ0n) is 10.0. The number of alkyl halides is 1. The first kappa shape index (κ1) is 14.5. The zero-order chi connectivity index (χ0) is 12.9. The van der Waals surface area contributed by atoms with E-state index in [1.54, 1.807) is 31.4 Å². The Kier molecular flexibility index (Phi) is 5.46. The molecule has 17 heavy (non-hydrogen) atoms. The maximum atomic E-state index is 12.1. The van der Waals surface area contributed by atoms with Gasteiger partial charge in [0.05, 0.1) is 17.8 Å². The van der Waals surface area contributed by atoms with Crippen LogP contribution in [-0.2, 0) is 9.84 Å². The molecule has 3 nitrogen and oxygen atoms in total. The van der Waals surface area contributed by atoms with Crippen LogP contribution in [0.3, 0.4) is 0 Å². The number of halogens is 1. The van der Waals surface area contributed by atoms with E-state index < -0.39 is 9.84 Å². The molecule has 0 saturated carbocycles. The monoisotopic (exact) mass is 320 g/mol. The summed E-state index contributed by atoms with van der Waals surface area (Å²) >= 11 is 3.34. The highest BCUT2D eigenvalue weighted by Gasteiger charge is 2.19. The van der Waals surface area contributed by atoms with E-state index in [0.717, 1.165) is 6.42 Å². The lowest BCUT2D eigenvalue weighted by Crippen LogP contribution is -2.17. The number of methoxy groups -OCH3 is 1. The van der Waals surface area contributed by atoms with Crippen molar-refractivity contribution in [1.29, 1.82) is 0 Å². The van der Waals surface area contributed by atoms with Crippen LogP contribution in [0.2, 0.25) is 0 Å². The molecular weight excluding hydrogens is 304 g/mol. The van der Waals surface area contributed by atoms with Crippen molar-refractivity contribution in [3.63, 3.8) is 0 Å². The summed E-state index contributed by atoms with van der Waals surface area (Å²) in [5, 5.41) is 0.707. The number of ether oxygens (including phenoxy) is 1. The van der Waals surface area contributed by atoms with Crippen molar-refractivity contribution in [2.45, 2.75) is 18.2 Å². The van der Waals surface area contributed by atoms with Gasteiger partial charge in [-0.3, -0.25) is 0 Å². The Morgan fingerprint density at radius 3 is 2.29 bits per heavy atom. The van der Waals surface area contributed by atoms with Gasteiger partial charge in [-0.2, -0.15) is 0 Å². The number of sulfone groups is 1. The van der Waals surface area contributed by atoms with E-state index in [4.69, 9.17) is 4.74 Å². The van der Waals surface area contributed by atoms with Crippen molar-refractivity contribution in [3.8, 4) is 5.75 Å². The molecular formula is C12H17BrO3S. The van der Waals surface area contributed by atoms with Crippen LogP contribution >= 0.6 is 15.9 Å². The number of benzene rings is 1. The quantitative estimate of drug-likeness (QED) is 0.757. The van der Waals surface area contributed by atoms with Gasteiger partial charge in [0.2, 0.25) is 0 Å². The summed E-state index contributed by atoms with van der Waals surface area (Å²) < 4.78 is 29.2. The molecule has 1 unspecified atom stereocenters. The van der Waals surface area contributed by atoms with Crippen molar-refractivity contribution in [2.75, 3.05) is 18.2 Å². The Balaban J connectivity index is 2.89. The molecule has 0 fully saturated rings. The minimum atomic E-state index is -3.19. The summed E-state index contributed by atoms with van der Waals surface area (Å²) in [5.41, 5.74) is 0. The lowest BCUT2D eigenvalue weighted by atomic mass is 10.2. The van der Waals surface area contributed by atoms with Gasteiger partial charge in [0.25, 0.3) is 0 Å². The standard InChI is InChI=1S/C12H17BrO3S/c1-3-10(8-13)9-17(14,15)12-6-4-11(16-2)5-7-12/h4-7,10H,3,8-9H2,1-2H3. The second-order valence-corrected chi connectivity index (χ2v) is 6.57. The first-order chi connectivity index (χ1) is 8.03. The fourth-order valence-corrected chi connectivity index (χ4v) is 4.17. The van der Waals surface area contributed by atoms with Crippen molar-refractivity contribution in [3.05, 3.63) is 24.3 Å². The minimum absolute atomic E-state index is 0.155. The first-order valence-electron chi connectivity index (χ1n) is 5.46. The van der Waals surface area contributed by atoms with Crippen LogP contribution < -0.4 is 4.74 Å². The third-order valence-corrected chi connectivity index (χ3v) is 5.49. The molecule has 0 bridgehead atoms. The molecule has 0 heterocycles. The molecule has 0 aliphatic carbocycles. The van der Waals surface area contributed by atoms with E-state index >= 15 is 0 Å². The Labute approximate surface area is 111 Å². The summed E-state index contributed by atoms with van der Waals surface area (Å²) in [6.45, 7) is 2.00. The van der Waals surface area contributed by atoms with Crippen molar-refractivity contribution < 1.29 is 13.2 Å². The lowest BCUT2D eigenvalue weighted by Gasteiger charge is -2.12. The molecule has 0 radical (unpaired) electrons. The molecule has 0 N–H and O–H groups in total. The lowest BCUT2D eigenvalue weighted by molar-refractivity contribution is 0.414. The average molecular weight is 321 g/mol. The highest BCUT2D eigenvalue weighted by atomic mass is 79.9. The number of hydrogen-bond donors (Lipinski definition) is 0. The van der Waals surface area contributed by atoms with E-state index in [-0.39, 0.29) is 11.7 Å². The van der Waals surface area contributed by atoms with Gasteiger partial charge in [-0.05, 0) is 30.2 Å². The smallest absolute Gasteiger partial charge is 0.178 e. The van der Waals surface area contributed by atoms with Gasteiger partial charge in [-0.1, -0.05) is 29.3 Å². The number of hydrogen-bond acceptors (Lipinski definition) is 3. The predicted molar refractivity (Wildman–Crippen MR) is 72.6 cm³/mol. The third-order valence-electron chi connectivity index (χ3n) is 2.67. The molecule has 1 rings (SSSR count). The van der Waals surface area contributed by atoms with Crippen molar-refractivity contribution in [1.82, 2.24) is 0 Å². The van der Waals surface area contributed by atoms with Crippen LogP contribution in [0.1, 0.15) is 13.3 Å². The molecule has 1 aromatic carbocycles. The van der Waals surface area contributed by atoms with Crippen LogP contribution in [0.15, 0.2) is 29.2 Å². The number of rotatable bonds is 6. The highest BCUT2D eigenvalue weighted by Crippen LogP contribution is 2.20. The van der Waals surface area contributed by atoms with E-state index in [2.05, 4.69) is 15.9 Å². The molecule has 1 atom stereocenters.